The fourth-order valence-electron chi connectivity index (χ4n) is 2.15. The van der Waals surface area contributed by atoms with Gasteiger partial charge in [-0.2, -0.15) is 13.8 Å². The number of benzene rings is 2. The van der Waals surface area contributed by atoms with Gasteiger partial charge in [0.15, 0.2) is 0 Å². The normalized spacial score (nSPS) is 13.6. The Labute approximate surface area is 143 Å². The number of hydrogen-bond acceptors (Lipinski definition) is 5. The van der Waals surface area contributed by atoms with Crippen molar-refractivity contribution in [3.8, 4) is 11.4 Å². The van der Waals surface area contributed by atoms with Gasteiger partial charge >= 0.3 is 6.43 Å². The maximum atomic E-state index is 12.6. The third kappa shape index (κ3) is 4.08. The van der Waals surface area contributed by atoms with Crippen molar-refractivity contribution >= 4 is 9.73 Å². The maximum Gasteiger partial charge on any atom is 0.315 e. The highest BCUT2D eigenvalue weighted by Crippen LogP contribution is 2.22. The monoisotopic (exact) mass is 363 g/mol. The van der Waals surface area contributed by atoms with E-state index in [0.717, 1.165) is 5.56 Å². The van der Waals surface area contributed by atoms with E-state index in [-0.39, 0.29) is 12.4 Å². The van der Waals surface area contributed by atoms with E-state index < -0.39 is 22.0 Å². The average molecular weight is 363 g/mol. The van der Waals surface area contributed by atoms with E-state index in [1.807, 2.05) is 18.2 Å². The number of halogens is 2. The van der Waals surface area contributed by atoms with Crippen LogP contribution < -0.4 is 0 Å². The molecule has 1 atom stereocenters. The summed E-state index contributed by atoms with van der Waals surface area (Å²) < 4.78 is 46.4. The number of rotatable bonds is 5. The first-order valence-corrected chi connectivity index (χ1v) is 9.32. The van der Waals surface area contributed by atoms with E-state index in [0.29, 0.717) is 10.5 Å². The van der Waals surface area contributed by atoms with Crippen molar-refractivity contribution in [3.05, 3.63) is 66.1 Å². The molecular weight excluding hydrogens is 348 g/mol. The van der Waals surface area contributed by atoms with Crippen LogP contribution >= 0.6 is 0 Å². The predicted octanol–water partition coefficient (Wildman–Crippen LogP) is 4.33. The highest BCUT2D eigenvalue weighted by Gasteiger charge is 2.17. The van der Waals surface area contributed by atoms with Gasteiger partial charge in [-0.25, -0.2) is 8.57 Å². The summed E-state index contributed by atoms with van der Waals surface area (Å²) in [6, 6.07) is 16.0. The van der Waals surface area contributed by atoms with Crippen LogP contribution in [0.2, 0.25) is 0 Å². The molecule has 0 saturated carbocycles. The maximum absolute atomic E-state index is 12.6. The molecule has 25 heavy (non-hydrogen) atoms. The molecular formula is C17H15F2N3O2S. The molecule has 8 heteroatoms. The fourth-order valence-corrected chi connectivity index (χ4v) is 3.35. The van der Waals surface area contributed by atoms with Gasteiger partial charge in [0.2, 0.25) is 5.82 Å². The minimum absolute atomic E-state index is 0.0994. The molecule has 0 aliphatic heterocycles. The molecule has 1 unspecified atom stereocenters. The van der Waals surface area contributed by atoms with Gasteiger partial charge in [0.1, 0.15) is 0 Å². The molecule has 3 aromatic rings. The molecule has 0 N–H and O–H groups in total. The molecule has 0 radical (unpaired) electrons. The molecule has 130 valence electrons. The topological polar surface area (TPSA) is 68.3 Å². The van der Waals surface area contributed by atoms with Crippen molar-refractivity contribution in [1.82, 2.24) is 10.1 Å². The Balaban J connectivity index is 1.76. The van der Waals surface area contributed by atoms with Crippen LogP contribution in [0.4, 0.5) is 8.78 Å². The van der Waals surface area contributed by atoms with Crippen molar-refractivity contribution in [3.63, 3.8) is 0 Å². The second kappa shape index (κ2) is 7.10. The molecule has 0 spiro atoms. The lowest BCUT2D eigenvalue weighted by molar-refractivity contribution is 0.106. The summed E-state index contributed by atoms with van der Waals surface area (Å²) in [5, 5.41) is 3.53. The molecule has 0 amide bonds. The summed E-state index contributed by atoms with van der Waals surface area (Å²) in [4.78, 5) is 4.32. The van der Waals surface area contributed by atoms with Gasteiger partial charge in [-0.1, -0.05) is 47.6 Å². The lowest BCUT2D eigenvalue weighted by Gasteiger charge is -2.05. The standard InChI is InChI=1S/C17H15F2N3O2S/c1-25(23,14-5-3-2-4-6-14)20-11-12-7-9-13(10-8-12)16-21-17(15(18)19)24-22-16/h2-10,15H,11H2,1H3. The summed E-state index contributed by atoms with van der Waals surface area (Å²) in [6.45, 7) is 0.277. The third-order valence-electron chi connectivity index (χ3n) is 3.51. The number of hydrogen-bond donors (Lipinski definition) is 0. The molecule has 0 saturated heterocycles. The summed E-state index contributed by atoms with van der Waals surface area (Å²) in [7, 11) is -2.47. The summed E-state index contributed by atoms with van der Waals surface area (Å²) in [6.07, 6.45) is -1.20. The van der Waals surface area contributed by atoms with Gasteiger partial charge in [0.05, 0.1) is 16.3 Å². The second-order valence-corrected chi connectivity index (χ2v) is 7.69. The van der Waals surface area contributed by atoms with E-state index in [1.165, 1.54) is 0 Å². The molecule has 5 nitrogen and oxygen atoms in total. The van der Waals surface area contributed by atoms with Crippen molar-refractivity contribution in [2.24, 2.45) is 4.36 Å². The van der Waals surface area contributed by atoms with Gasteiger partial charge in [0, 0.05) is 16.7 Å². The van der Waals surface area contributed by atoms with Crippen LogP contribution in [0.25, 0.3) is 11.4 Å². The summed E-state index contributed by atoms with van der Waals surface area (Å²) >= 11 is 0. The molecule has 1 heterocycles. The first-order valence-electron chi connectivity index (χ1n) is 7.40. The first kappa shape index (κ1) is 17.2. The zero-order valence-corrected chi connectivity index (χ0v) is 14.1. The molecule has 0 fully saturated rings. The average Bonchev–Trinajstić information content (AvgIpc) is 3.12. The van der Waals surface area contributed by atoms with E-state index in [1.54, 1.807) is 42.7 Å². The SMILES string of the molecule is CS(=O)(=NCc1ccc(-c2noc(C(F)F)n2)cc1)c1ccccc1. The van der Waals surface area contributed by atoms with E-state index in [9.17, 15) is 13.0 Å². The van der Waals surface area contributed by atoms with Gasteiger partial charge < -0.3 is 4.52 Å². The van der Waals surface area contributed by atoms with Crippen molar-refractivity contribution in [2.75, 3.05) is 6.26 Å². The Bertz CT molecular complexity index is 963. The number of nitrogens with zero attached hydrogens (tertiary/aromatic N) is 3. The molecule has 0 aliphatic carbocycles. The van der Waals surface area contributed by atoms with Crippen LogP contribution in [0.5, 0.6) is 0 Å². The number of aromatic nitrogens is 2. The van der Waals surface area contributed by atoms with E-state index in [4.69, 9.17) is 0 Å². The minimum atomic E-state index is -2.80. The van der Waals surface area contributed by atoms with Crippen LogP contribution in [-0.2, 0) is 16.3 Å². The van der Waals surface area contributed by atoms with Crippen LogP contribution in [0.15, 0.2) is 68.4 Å². The van der Waals surface area contributed by atoms with Gasteiger partial charge in [-0.3, -0.25) is 0 Å². The largest absolute Gasteiger partial charge is 0.333 e. The fraction of sp³-hybridized carbons (Fsp3) is 0.176. The van der Waals surface area contributed by atoms with Crippen molar-refractivity contribution in [1.29, 1.82) is 0 Å². The van der Waals surface area contributed by atoms with Crippen LogP contribution in [0.3, 0.4) is 0 Å². The molecule has 0 bridgehead atoms. The van der Waals surface area contributed by atoms with Gasteiger partial charge in [-0.05, 0) is 17.7 Å². The first-order chi connectivity index (χ1) is 12.0. The quantitative estimate of drug-likeness (QED) is 0.676. The van der Waals surface area contributed by atoms with Crippen molar-refractivity contribution in [2.45, 2.75) is 17.9 Å². The Hall–Kier alpha value is -2.61. The zero-order chi connectivity index (χ0) is 17.9. The lowest BCUT2D eigenvalue weighted by atomic mass is 10.1. The third-order valence-corrected chi connectivity index (χ3v) is 5.28. The molecule has 1 aromatic heterocycles. The molecule has 2 aromatic carbocycles. The highest BCUT2D eigenvalue weighted by molar-refractivity contribution is 7.93. The molecule has 0 aliphatic rings. The predicted molar refractivity (Wildman–Crippen MR) is 89.6 cm³/mol. The Morgan fingerprint density at radius 2 is 1.80 bits per heavy atom. The Morgan fingerprint density at radius 3 is 2.40 bits per heavy atom. The van der Waals surface area contributed by atoms with E-state index in [2.05, 4.69) is 19.0 Å². The Morgan fingerprint density at radius 1 is 1.12 bits per heavy atom. The van der Waals surface area contributed by atoms with Crippen molar-refractivity contribution < 1.29 is 17.5 Å². The second-order valence-electron chi connectivity index (χ2n) is 5.36. The summed E-state index contributed by atoms with van der Waals surface area (Å²) in [5.41, 5.74) is 1.39. The summed E-state index contributed by atoms with van der Waals surface area (Å²) in [5.74, 6) is -0.606. The van der Waals surface area contributed by atoms with Crippen LogP contribution in [0, 0.1) is 0 Å². The van der Waals surface area contributed by atoms with E-state index >= 15 is 0 Å². The highest BCUT2D eigenvalue weighted by atomic mass is 32.2. The number of alkyl halides is 2. The molecule has 3 rings (SSSR count). The van der Waals surface area contributed by atoms with Gasteiger partial charge in [-0.15, -0.1) is 0 Å². The van der Waals surface area contributed by atoms with Crippen LogP contribution in [0.1, 0.15) is 17.9 Å². The van der Waals surface area contributed by atoms with Crippen LogP contribution in [-0.4, -0.2) is 20.6 Å². The Kier molecular flexibility index (Phi) is 4.89. The zero-order valence-electron chi connectivity index (χ0n) is 13.3. The minimum Gasteiger partial charge on any atom is -0.333 e. The smallest absolute Gasteiger partial charge is 0.315 e. The lowest BCUT2D eigenvalue weighted by Crippen LogP contribution is -1.98. The van der Waals surface area contributed by atoms with Gasteiger partial charge in [0.25, 0.3) is 5.89 Å².